The number of hydrogen-bond acceptors (Lipinski definition) is 4. The molecule has 3 N–H and O–H groups in total. The molecule has 1 aromatic rings. The van der Waals surface area contributed by atoms with E-state index in [9.17, 15) is 9.59 Å². The van der Waals surface area contributed by atoms with Crippen molar-refractivity contribution in [2.24, 2.45) is 16.6 Å². The van der Waals surface area contributed by atoms with Gasteiger partial charge in [0.15, 0.2) is 5.96 Å². The minimum atomic E-state index is -0.256. The molecule has 2 heterocycles. The lowest BCUT2D eigenvalue weighted by molar-refractivity contribution is -0.129. The Balaban J connectivity index is 1.53. The summed E-state index contributed by atoms with van der Waals surface area (Å²) in [5, 5.41) is 3.29. The smallest absolute Gasteiger partial charge is 0.244 e. The van der Waals surface area contributed by atoms with E-state index in [1.165, 1.54) is 5.69 Å². The summed E-state index contributed by atoms with van der Waals surface area (Å²) in [6.45, 7) is 7.62. The van der Waals surface area contributed by atoms with Crippen LogP contribution in [0.1, 0.15) is 26.2 Å². The molecule has 0 saturated carbocycles. The van der Waals surface area contributed by atoms with Crippen molar-refractivity contribution >= 4 is 23.5 Å². The predicted molar refractivity (Wildman–Crippen MR) is 119 cm³/mol. The summed E-state index contributed by atoms with van der Waals surface area (Å²) < 4.78 is 0. The molecule has 0 bridgehead atoms. The Morgan fingerprint density at radius 3 is 2.50 bits per heavy atom. The summed E-state index contributed by atoms with van der Waals surface area (Å²) in [5.74, 6) is 0.808. The summed E-state index contributed by atoms with van der Waals surface area (Å²) in [5.41, 5.74) is 6.58. The van der Waals surface area contributed by atoms with Gasteiger partial charge in [0.1, 0.15) is 6.54 Å². The molecule has 8 nitrogen and oxygen atoms in total. The Kier molecular flexibility index (Phi) is 7.93. The second-order valence-electron chi connectivity index (χ2n) is 8.00. The Labute approximate surface area is 179 Å². The maximum absolute atomic E-state index is 12.7. The molecule has 1 atom stereocenters. The van der Waals surface area contributed by atoms with Crippen molar-refractivity contribution in [1.82, 2.24) is 15.1 Å². The highest BCUT2D eigenvalue weighted by Gasteiger charge is 2.25. The number of para-hydroxylation sites is 1. The number of amides is 2. The van der Waals surface area contributed by atoms with Gasteiger partial charge in [-0.15, -0.1) is 0 Å². The Hall–Kier alpha value is -2.77. The first kappa shape index (κ1) is 21.9. The van der Waals surface area contributed by atoms with Crippen LogP contribution in [-0.4, -0.2) is 79.9 Å². The SMILES string of the molecule is CCNC(=NCC(=O)N1CCN(c2ccccc2)CC1)N1CCCC(CC(N)=O)C1. The van der Waals surface area contributed by atoms with Gasteiger partial charge in [-0.25, -0.2) is 4.99 Å². The average molecular weight is 415 g/mol. The highest BCUT2D eigenvalue weighted by molar-refractivity contribution is 5.85. The van der Waals surface area contributed by atoms with E-state index in [0.717, 1.165) is 51.5 Å². The van der Waals surface area contributed by atoms with Crippen molar-refractivity contribution in [1.29, 1.82) is 0 Å². The van der Waals surface area contributed by atoms with Gasteiger partial charge in [0, 0.05) is 57.9 Å². The van der Waals surface area contributed by atoms with Gasteiger partial charge in [0.05, 0.1) is 0 Å². The van der Waals surface area contributed by atoms with Crippen LogP contribution in [0, 0.1) is 5.92 Å². The number of carbonyl (C=O) groups is 2. The molecule has 2 amide bonds. The van der Waals surface area contributed by atoms with E-state index in [-0.39, 0.29) is 24.3 Å². The van der Waals surface area contributed by atoms with Crippen LogP contribution < -0.4 is 16.0 Å². The lowest BCUT2D eigenvalue weighted by atomic mass is 9.95. The number of aliphatic imine (C=N–C) groups is 1. The highest BCUT2D eigenvalue weighted by Crippen LogP contribution is 2.19. The van der Waals surface area contributed by atoms with Gasteiger partial charge in [-0.1, -0.05) is 18.2 Å². The van der Waals surface area contributed by atoms with E-state index in [1.54, 1.807) is 0 Å². The van der Waals surface area contributed by atoms with E-state index in [0.29, 0.717) is 19.5 Å². The van der Waals surface area contributed by atoms with E-state index in [4.69, 9.17) is 5.73 Å². The molecule has 0 radical (unpaired) electrons. The van der Waals surface area contributed by atoms with Crippen LogP contribution in [0.5, 0.6) is 0 Å². The number of rotatable bonds is 6. The zero-order valence-electron chi connectivity index (χ0n) is 17.9. The lowest BCUT2D eigenvalue weighted by Crippen LogP contribution is -2.50. The fourth-order valence-electron chi connectivity index (χ4n) is 4.23. The minimum Gasteiger partial charge on any atom is -0.370 e. The third kappa shape index (κ3) is 6.11. The van der Waals surface area contributed by atoms with Crippen molar-refractivity contribution in [2.45, 2.75) is 26.2 Å². The number of guanidine groups is 1. The van der Waals surface area contributed by atoms with Crippen LogP contribution >= 0.6 is 0 Å². The minimum absolute atomic E-state index is 0.0591. The van der Waals surface area contributed by atoms with Crippen molar-refractivity contribution in [3.63, 3.8) is 0 Å². The normalized spacial score (nSPS) is 20.2. The number of hydrogen-bond donors (Lipinski definition) is 2. The number of primary amides is 1. The van der Waals surface area contributed by atoms with Gasteiger partial charge in [-0.2, -0.15) is 0 Å². The first-order valence-electron chi connectivity index (χ1n) is 11.0. The third-order valence-electron chi connectivity index (χ3n) is 5.76. The Morgan fingerprint density at radius 1 is 1.10 bits per heavy atom. The summed E-state index contributed by atoms with van der Waals surface area (Å²) in [7, 11) is 0. The standard InChI is InChI=1S/C22H34N6O2/c1-2-24-22(28-10-6-7-18(17-28)15-20(23)29)25-16-21(30)27-13-11-26(12-14-27)19-8-4-3-5-9-19/h3-5,8-9,18H,2,6-7,10-17H2,1H3,(H2,23,29)(H,24,25). The zero-order chi connectivity index (χ0) is 21.3. The summed E-state index contributed by atoms with van der Waals surface area (Å²) in [6, 6.07) is 10.3. The van der Waals surface area contributed by atoms with Crippen LogP contribution in [0.15, 0.2) is 35.3 Å². The first-order valence-corrected chi connectivity index (χ1v) is 11.0. The number of nitrogens with one attached hydrogen (secondary N) is 1. The molecule has 0 spiro atoms. The van der Waals surface area contributed by atoms with Crippen LogP contribution in [-0.2, 0) is 9.59 Å². The molecule has 30 heavy (non-hydrogen) atoms. The molecule has 0 aliphatic carbocycles. The summed E-state index contributed by atoms with van der Waals surface area (Å²) in [4.78, 5) is 35.0. The van der Waals surface area contributed by atoms with Crippen LogP contribution in [0.4, 0.5) is 5.69 Å². The average Bonchev–Trinajstić information content (AvgIpc) is 2.77. The summed E-state index contributed by atoms with van der Waals surface area (Å²) in [6.07, 6.45) is 2.40. The number of piperidine rings is 1. The topological polar surface area (TPSA) is 94.3 Å². The van der Waals surface area contributed by atoms with E-state index >= 15 is 0 Å². The van der Waals surface area contributed by atoms with Crippen molar-refractivity contribution in [3.8, 4) is 0 Å². The molecule has 2 aliphatic heterocycles. The second kappa shape index (κ2) is 10.8. The molecule has 2 fully saturated rings. The number of benzene rings is 1. The fourth-order valence-corrected chi connectivity index (χ4v) is 4.23. The number of carbonyl (C=O) groups excluding carboxylic acids is 2. The molecule has 3 rings (SSSR count). The monoisotopic (exact) mass is 414 g/mol. The van der Waals surface area contributed by atoms with Crippen LogP contribution in [0.2, 0.25) is 0 Å². The number of likely N-dealkylation sites (tertiary alicyclic amines) is 1. The van der Waals surface area contributed by atoms with Crippen LogP contribution in [0.3, 0.4) is 0 Å². The molecule has 2 saturated heterocycles. The van der Waals surface area contributed by atoms with Gasteiger partial charge in [0.25, 0.3) is 0 Å². The number of nitrogens with two attached hydrogens (primary N) is 1. The molecular formula is C22H34N6O2. The highest BCUT2D eigenvalue weighted by atomic mass is 16.2. The number of anilines is 1. The molecule has 1 unspecified atom stereocenters. The van der Waals surface area contributed by atoms with Gasteiger partial charge < -0.3 is 25.8 Å². The van der Waals surface area contributed by atoms with Gasteiger partial charge in [-0.3, -0.25) is 9.59 Å². The van der Waals surface area contributed by atoms with E-state index in [1.807, 2.05) is 30.0 Å². The molecule has 164 valence electrons. The molecule has 2 aliphatic rings. The quantitative estimate of drug-likeness (QED) is 0.533. The third-order valence-corrected chi connectivity index (χ3v) is 5.76. The van der Waals surface area contributed by atoms with Gasteiger partial charge >= 0.3 is 0 Å². The molecule has 8 heteroatoms. The van der Waals surface area contributed by atoms with Gasteiger partial charge in [-0.05, 0) is 37.8 Å². The number of piperazine rings is 1. The van der Waals surface area contributed by atoms with E-state index in [2.05, 4.69) is 32.2 Å². The second-order valence-corrected chi connectivity index (χ2v) is 8.00. The predicted octanol–water partition coefficient (Wildman–Crippen LogP) is 0.888. The number of nitrogens with zero attached hydrogens (tertiary/aromatic N) is 4. The van der Waals surface area contributed by atoms with Gasteiger partial charge in [0.2, 0.25) is 11.8 Å². The van der Waals surface area contributed by atoms with Crippen molar-refractivity contribution in [2.75, 3.05) is 57.3 Å². The van der Waals surface area contributed by atoms with Crippen molar-refractivity contribution < 1.29 is 9.59 Å². The molecule has 1 aromatic carbocycles. The first-order chi connectivity index (χ1) is 14.6. The summed E-state index contributed by atoms with van der Waals surface area (Å²) >= 11 is 0. The van der Waals surface area contributed by atoms with Crippen LogP contribution in [0.25, 0.3) is 0 Å². The Bertz CT molecular complexity index is 730. The Morgan fingerprint density at radius 2 is 1.83 bits per heavy atom. The van der Waals surface area contributed by atoms with E-state index < -0.39 is 0 Å². The largest absolute Gasteiger partial charge is 0.370 e. The fraction of sp³-hybridized carbons (Fsp3) is 0.591. The molecule has 0 aromatic heterocycles. The lowest BCUT2D eigenvalue weighted by Gasteiger charge is -2.36. The van der Waals surface area contributed by atoms with Crippen molar-refractivity contribution in [3.05, 3.63) is 30.3 Å². The maximum Gasteiger partial charge on any atom is 0.244 e. The molecular weight excluding hydrogens is 380 g/mol. The maximum atomic E-state index is 12.7. The zero-order valence-corrected chi connectivity index (χ0v) is 17.9.